The predicted octanol–water partition coefficient (Wildman–Crippen LogP) is 2.58. The largest absolute Gasteiger partial charge is 0.390 e. The Balaban J connectivity index is 1.47. The Bertz CT molecular complexity index is 1440. The quantitative estimate of drug-likeness (QED) is 0.389. The molecule has 0 amide bonds. The number of anilines is 2. The summed E-state index contributed by atoms with van der Waals surface area (Å²) in [6, 6.07) is 2.87. The molecule has 0 aliphatic carbocycles. The lowest BCUT2D eigenvalue weighted by molar-refractivity contribution is 0.202. The lowest BCUT2D eigenvalue weighted by Gasteiger charge is -2.41. The van der Waals surface area contributed by atoms with E-state index in [0.29, 0.717) is 68.6 Å². The molecule has 2 bridgehead atoms. The standard InChI is InChI=1S/C23H25ClFN9O/c1-33(2)16-8-27-13-5-4-11(17(24)20(13)29-16)19-21-22(32-31-19)30-23(14(9-35)28-21)34-10-3-6-15(34)18(25)12(26)7-10/h4-5,8,10,12,15,18,35H,3,6-7,9,26H2,1-2H3,(H,30,31,32)/t10-,12+,15-,18+/m1/s1. The number of halogens is 2. The molecule has 35 heavy (non-hydrogen) atoms. The van der Waals surface area contributed by atoms with E-state index in [1.165, 1.54) is 0 Å². The number of aromatic amines is 1. The van der Waals surface area contributed by atoms with Gasteiger partial charge in [0.2, 0.25) is 5.65 Å². The molecule has 2 aliphatic heterocycles. The minimum Gasteiger partial charge on any atom is -0.390 e. The van der Waals surface area contributed by atoms with Crippen LogP contribution in [0.15, 0.2) is 18.3 Å². The van der Waals surface area contributed by atoms with Crippen molar-refractivity contribution in [2.24, 2.45) is 5.73 Å². The molecule has 1 aromatic carbocycles. The van der Waals surface area contributed by atoms with Crippen molar-refractivity contribution < 1.29 is 9.50 Å². The van der Waals surface area contributed by atoms with Crippen LogP contribution < -0.4 is 15.5 Å². The Hall–Kier alpha value is -3.15. The van der Waals surface area contributed by atoms with Crippen molar-refractivity contribution in [2.45, 2.75) is 50.2 Å². The second-order valence-corrected chi connectivity index (χ2v) is 9.77. The molecule has 6 rings (SSSR count). The van der Waals surface area contributed by atoms with E-state index in [1.54, 1.807) is 6.20 Å². The average molecular weight is 498 g/mol. The van der Waals surface area contributed by atoms with Crippen molar-refractivity contribution in [3.63, 3.8) is 0 Å². The van der Waals surface area contributed by atoms with Crippen LogP contribution in [0.25, 0.3) is 33.5 Å². The normalized spacial score (nSPS) is 24.0. The van der Waals surface area contributed by atoms with Gasteiger partial charge in [-0.1, -0.05) is 11.6 Å². The summed E-state index contributed by atoms with van der Waals surface area (Å²) in [7, 11) is 3.76. The van der Waals surface area contributed by atoms with Gasteiger partial charge in [-0.2, -0.15) is 5.10 Å². The molecule has 4 aromatic rings. The second-order valence-electron chi connectivity index (χ2n) is 9.39. The van der Waals surface area contributed by atoms with E-state index in [2.05, 4.69) is 20.2 Å². The van der Waals surface area contributed by atoms with Gasteiger partial charge in [0.25, 0.3) is 0 Å². The highest BCUT2D eigenvalue weighted by Crippen LogP contribution is 2.42. The van der Waals surface area contributed by atoms with Crippen LogP contribution in [-0.4, -0.2) is 73.6 Å². The van der Waals surface area contributed by atoms with Gasteiger partial charge < -0.3 is 20.6 Å². The van der Waals surface area contributed by atoms with Crippen LogP contribution in [0, 0.1) is 0 Å². The van der Waals surface area contributed by atoms with Crippen molar-refractivity contribution in [1.29, 1.82) is 0 Å². The minimum absolute atomic E-state index is 0.0665. The molecule has 10 nitrogen and oxygen atoms in total. The van der Waals surface area contributed by atoms with Gasteiger partial charge in [-0.3, -0.25) is 10.1 Å². The van der Waals surface area contributed by atoms with Gasteiger partial charge in [-0.05, 0) is 31.4 Å². The van der Waals surface area contributed by atoms with Crippen molar-refractivity contribution in [1.82, 2.24) is 30.1 Å². The van der Waals surface area contributed by atoms with Crippen LogP contribution in [0.1, 0.15) is 25.0 Å². The molecule has 4 atom stereocenters. The summed E-state index contributed by atoms with van der Waals surface area (Å²) >= 11 is 6.78. The fourth-order valence-corrected chi connectivity index (χ4v) is 5.62. The summed E-state index contributed by atoms with van der Waals surface area (Å²) in [6.45, 7) is -0.342. The number of aliphatic hydroxyl groups is 1. The number of rotatable bonds is 4. The number of aliphatic hydroxyl groups excluding tert-OH is 1. The first-order chi connectivity index (χ1) is 16.9. The van der Waals surface area contributed by atoms with E-state index < -0.39 is 12.2 Å². The molecule has 2 fully saturated rings. The van der Waals surface area contributed by atoms with Crippen LogP contribution in [0.4, 0.5) is 16.0 Å². The number of aromatic nitrogens is 6. The lowest BCUT2D eigenvalue weighted by Crippen LogP contribution is -2.56. The van der Waals surface area contributed by atoms with Crippen molar-refractivity contribution >= 4 is 45.4 Å². The molecular weight excluding hydrogens is 473 g/mol. The number of benzene rings is 1. The van der Waals surface area contributed by atoms with E-state index in [9.17, 15) is 9.50 Å². The number of nitrogens with two attached hydrogens (primary N) is 1. The highest BCUT2D eigenvalue weighted by atomic mass is 35.5. The van der Waals surface area contributed by atoms with E-state index in [-0.39, 0.29) is 18.7 Å². The number of hydrogen-bond donors (Lipinski definition) is 3. The van der Waals surface area contributed by atoms with Crippen molar-refractivity contribution in [2.75, 3.05) is 23.9 Å². The third-order valence-electron chi connectivity index (χ3n) is 7.07. The third kappa shape index (κ3) is 3.40. The molecule has 3 aromatic heterocycles. The smallest absolute Gasteiger partial charge is 0.202 e. The SMILES string of the molecule is CN(C)c1cnc2ccc(-c3[nH]nc4nc(N5[C@@H]6CC[C@@H]5[C@@H](F)[C@@H](N)C6)c(CO)nc34)c(Cl)c2n1. The lowest BCUT2D eigenvalue weighted by atomic mass is 9.96. The van der Waals surface area contributed by atoms with Crippen molar-refractivity contribution in [3.05, 3.63) is 29.0 Å². The summed E-state index contributed by atoms with van der Waals surface area (Å²) in [5, 5.41) is 17.9. The second kappa shape index (κ2) is 8.21. The number of H-pyrrole nitrogens is 1. The molecule has 182 valence electrons. The molecule has 5 heterocycles. The number of nitrogens with zero attached hydrogens (tertiary/aromatic N) is 7. The molecule has 0 spiro atoms. The topological polar surface area (TPSA) is 133 Å². The summed E-state index contributed by atoms with van der Waals surface area (Å²) < 4.78 is 14.9. The molecule has 2 saturated heterocycles. The molecule has 4 N–H and O–H groups in total. The monoisotopic (exact) mass is 497 g/mol. The summed E-state index contributed by atoms with van der Waals surface area (Å²) in [5.41, 5.74) is 9.64. The molecular formula is C23H25ClFN9O. The Morgan fingerprint density at radius 1 is 1.23 bits per heavy atom. The van der Waals surface area contributed by atoms with E-state index in [0.717, 1.165) is 6.42 Å². The van der Waals surface area contributed by atoms with E-state index in [4.69, 9.17) is 27.3 Å². The fourth-order valence-electron chi connectivity index (χ4n) is 5.32. The van der Waals surface area contributed by atoms with Crippen molar-refractivity contribution in [3.8, 4) is 11.3 Å². The maximum absolute atomic E-state index is 14.9. The number of fused-ring (bicyclic) bond motifs is 4. The molecule has 0 saturated carbocycles. The summed E-state index contributed by atoms with van der Waals surface area (Å²) in [4.78, 5) is 22.3. The first-order valence-electron chi connectivity index (χ1n) is 11.5. The number of piperidine rings is 1. The first kappa shape index (κ1) is 22.3. The molecule has 0 unspecified atom stereocenters. The van der Waals surface area contributed by atoms with Crippen LogP contribution in [0.3, 0.4) is 0 Å². The number of nitrogens with one attached hydrogen (secondary N) is 1. The van der Waals surface area contributed by atoms with Gasteiger partial charge in [-0.25, -0.2) is 19.3 Å². The highest BCUT2D eigenvalue weighted by Gasteiger charge is 2.48. The predicted molar refractivity (Wildman–Crippen MR) is 132 cm³/mol. The van der Waals surface area contributed by atoms with Gasteiger partial charge in [0.1, 0.15) is 28.7 Å². The van der Waals surface area contributed by atoms with E-state index >= 15 is 0 Å². The minimum atomic E-state index is -1.16. The van der Waals surface area contributed by atoms with Crippen LogP contribution >= 0.6 is 11.6 Å². The zero-order valence-electron chi connectivity index (χ0n) is 19.3. The van der Waals surface area contributed by atoms with Crippen LogP contribution in [0.2, 0.25) is 5.02 Å². The van der Waals surface area contributed by atoms with E-state index in [1.807, 2.05) is 36.0 Å². The third-order valence-corrected chi connectivity index (χ3v) is 7.45. The van der Waals surface area contributed by atoms with Crippen LogP contribution in [-0.2, 0) is 6.61 Å². The fraction of sp³-hybridized carbons (Fsp3) is 0.435. The number of hydrogen-bond acceptors (Lipinski definition) is 9. The Morgan fingerprint density at radius 2 is 2.06 bits per heavy atom. The zero-order valence-corrected chi connectivity index (χ0v) is 20.0. The summed E-state index contributed by atoms with van der Waals surface area (Å²) in [6.07, 6.45) is 2.59. The van der Waals surface area contributed by atoms with Gasteiger partial charge in [-0.15, -0.1) is 0 Å². The molecule has 0 radical (unpaired) electrons. The average Bonchev–Trinajstić information content (AvgIpc) is 3.42. The Labute approximate surface area is 205 Å². The molecule has 12 heteroatoms. The Morgan fingerprint density at radius 3 is 2.83 bits per heavy atom. The maximum Gasteiger partial charge on any atom is 0.202 e. The molecule has 2 aliphatic rings. The maximum atomic E-state index is 14.9. The summed E-state index contributed by atoms with van der Waals surface area (Å²) in [5.74, 6) is 1.14. The zero-order chi connectivity index (χ0) is 24.4. The van der Waals surface area contributed by atoms with Gasteiger partial charge in [0, 0.05) is 31.7 Å². The number of alkyl halides is 1. The van der Waals surface area contributed by atoms with Gasteiger partial charge >= 0.3 is 0 Å². The highest BCUT2D eigenvalue weighted by molar-refractivity contribution is 6.38. The van der Waals surface area contributed by atoms with Crippen LogP contribution in [0.5, 0.6) is 0 Å². The van der Waals surface area contributed by atoms with Gasteiger partial charge in [0.05, 0.1) is 35.1 Å². The first-order valence-corrected chi connectivity index (χ1v) is 11.9. The van der Waals surface area contributed by atoms with Gasteiger partial charge in [0.15, 0.2) is 5.82 Å². The Kier molecular flexibility index (Phi) is 5.24.